The molecule has 1 aliphatic heterocycles. The second-order valence-electron chi connectivity index (χ2n) is 4.89. The molecule has 18 heavy (non-hydrogen) atoms. The first-order valence-corrected chi connectivity index (χ1v) is 7.05. The van der Waals surface area contributed by atoms with E-state index < -0.39 is 12.0 Å². The van der Waals surface area contributed by atoms with E-state index in [0.29, 0.717) is 12.3 Å². The molecule has 0 spiro atoms. The molecule has 1 saturated heterocycles. The van der Waals surface area contributed by atoms with E-state index >= 15 is 0 Å². The van der Waals surface area contributed by atoms with E-state index in [4.69, 9.17) is 10.8 Å². The lowest BCUT2D eigenvalue weighted by atomic mass is 9.94. The number of aliphatic carboxylic acids is 1. The van der Waals surface area contributed by atoms with Crippen LogP contribution >= 0.6 is 11.3 Å². The molecule has 2 heterocycles. The van der Waals surface area contributed by atoms with Crippen LogP contribution in [0.4, 0.5) is 0 Å². The van der Waals surface area contributed by atoms with Crippen molar-refractivity contribution in [3.05, 3.63) is 16.1 Å². The van der Waals surface area contributed by atoms with E-state index in [-0.39, 0.29) is 0 Å². The molecule has 1 fully saturated rings. The molecule has 1 aromatic rings. The molecule has 100 valence electrons. The third-order valence-corrected chi connectivity index (χ3v) is 4.31. The number of carbonyl (C=O) groups is 1. The fourth-order valence-electron chi connectivity index (χ4n) is 2.19. The molecule has 2 rings (SSSR count). The highest BCUT2D eigenvalue weighted by atomic mass is 32.1. The maximum absolute atomic E-state index is 10.7. The summed E-state index contributed by atoms with van der Waals surface area (Å²) in [6.45, 7) is 2.21. The van der Waals surface area contributed by atoms with Crippen molar-refractivity contribution in [3.63, 3.8) is 0 Å². The first-order valence-electron chi connectivity index (χ1n) is 6.17. The molecule has 6 heteroatoms. The van der Waals surface area contributed by atoms with Gasteiger partial charge in [0.15, 0.2) is 0 Å². The highest BCUT2D eigenvalue weighted by Crippen LogP contribution is 2.28. The maximum Gasteiger partial charge on any atom is 0.320 e. The van der Waals surface area contributed by atoms with E-state index in [1.807, 2.05) is 0 Å². The van der Waals surface area contributed by atoms with Gasteiger partial charge < -0.3 is 15.7 Å². The van der Waals surface area contributed by atoms with Gasteiger partial charge in [0.2, 0.25) is 0 Å². The summed E-state index contributed by atoms with van der Waals surface area (Å²) >= 11 is 1.52. The first kappa shape index (κ1) is 13.5. The molecule has 0 saturated carbocycles. The molecule has 1 unspecified atom stereocenters. The highest BCUT2D eigenvalue weighted by Gasteiger charge is 2.21. The zero-order chi connectivity index (χ0) is 13.1. The molecule has 3 N–H and O–H groups in total. The molecule has 5 nitrogen and oxygen atoms in total. The third kappa shape index (κ3) is 3.28. The van der Waals surface area contributed by atoms with Gasteiger partial charge in [-0.15, -0.1) is 11.3 Å². The molecule has 0 aliphatic carbocycles. The summed E-state index contributed by atoms with van der Waals surface area (Å²) in [4.78, 5) is 17.6. The first-order chi connectivity index (χ1) is 8.56. The van der Waals surface area contributed by atoms with Gasteiger partial charge in [0.25, 0.3) is 0 Å². The molecule has 0 aromatic carbocycles. The van der Waals surface area contributed by atoms with Gasteiger partial charge in [-0.05, 0) is 33.0 Å². The minimum atomic E-state index is -0.967. The minimum absolute atomic E-state index is 0.326. The number of carboxylic acid groups (broad SMARTS) is 1. The summed E-state index contributed by atoms with van der Waals surface area (Å²) < 4.78 is 0. The Balaban J connectivity index is 1.95. The van der Waals surface area contributed by atoms with Gasteiger partial charge in [0.05, 0.1) is 10.7 Å². The topological polar surface area (TPSA) is 79.5 Å². The number of aromatic nitrogens is 1. The SMILES string of the molecule is CN1CCC(c2csc(CC(N)C(=O)O)n2)CC1. The Morgan fingerprint density at radius 1 is 1.67 bits per heavy atom. The number of rotatable bonds is 4. The fourth-order valence-corrected chi connectivity index (χ4v) is 3.12. The van der Waals surface area contributed by atoms with Crippen molar-refractivity contribution < 1.29 is 9.90 Å². The summed E-state index contributed by atoms with van der Waals surface area (Å²) in [6, 6.07) is -0.846. The van der Waals surface area contributed by atoms with Crippen molar-refractivity contribution in [3.8, 4) is 0 Å². The Morgan fingerprint density at radius 3 is 2.94 bits per heavy atom. The zero-order valence-electron chi connectivity index (χ0n) is 10.5. The molecule has 1 aliphatic rings. The van der Waals surface area contributed by atoms with Crippen molar-refractivity contribution >= 4 is 17.3 Å². The Morgan fingerprint density at radius 2 is 2.33 bits per heavy atom. The van der Waals surface area contributed by atoms with Crippen LogP contribution < -0.4 is 5.73 Å². The van der Waals surface area contributed by atoms with Crippen molar-refractivity contribution in [2.24, 2.45) is 5.73 Å². The maximum atomic E-state index is 10.7. The molecule has 1 atom stereocenters. The Bertz CT molecular complexity index is 413. The quantitative estimate of drug-likeness (QED) is 0.849. The Kier molecular flexibility index (Phi) is 4.31. The summed E-state index contributed by atoms with van der Waals surface area (Å²) in [7, 11) is 2.13. The average molecular weight is 269 g/mol. The largest absolute Gasteiger partial charge is 0.480 e. The van der Waals surface area contributed by atoms with Crippen LogP contribution in [-0.2, 0) is 11.2 Å². The summed E-state index contributed by atoms with van der Waals surface area (Å²) in [5.74, 6) is -0.446. The smallest absolute Gasteiger partial charge is 0.320 e. The van der Waals surface area contributed by atoms with Crippen molar-refractivity contribution in [1.29, 1.82) is 0 Å². The molecular formula is C12H19N3O2S. The molecule has 0 amide bonds. The van der Waals surface area contributed by atoms with Crippen molar-refractivity contribution in [1.82, 2.24) is 9.88 Å². The van der Waals surface area contributed by atoms with Gasteiger partial charge >= 0.3 is 5.97 Å². The number of likely N-dealkylation sites (tertiary alicyclic amines) is 1. The van der Waals surface area contributed by atoms with Crippen molar-refractivity contribution in [2.75, 3.05) is 20.1 Å². The minimum Gasteiger partial charge on any atom is -0.480 e. The monoisotopic (exact) mass is 269 g/mol. The van der Waals surface area contributed by atoms with Crippen LogP contribution in [0.15, 0.2) is 5.38 Å². The second-order valence-corrected chi connectivity index (χ2v) is 5.84. The van der Waals surface area contributed by atoms with Crippen LogP contribution in [-0.4, -0.2) is 47.1 Å². The van der Waals surface area contributed by atoms with E-state index in [1.165, 1.54) is 11.3 Å². The van der Waals surface area contributed by atoms with Crippen LogP contribution in [0.25, 0.3) is 0 Å². The van der Waals surface area contributed by atoms with Gasteiger partial charge in [-0.2, -0.15) is 0 Å². The molecular weight excluding hydrogens is 250 g/mol. The number of hydrogen-bond acceptors (Lipinski definition) is 5. The van der Waals surface area contributed by atoms with E-state index in [2.05, 4.69) is 22.3 Å². The van der Waals surface area contributed by atoms with Crippen molar-refractivity contribution in [2.45, 2.75) is 31.2 Å². The molecule has 1 aromatic heterocycles. The predicted molar refractivity (Wildman–Crippen MR) is 70.9 cm³/mol. The van der Waals surface area contributed by atoms with E-state index in [0.717, 1.165) is 36.6 Å². The lowest BCUT2D eigenvalue weighted by Gasteiger charge is -2.27. The van der Waals surface area contributed by atoms with Gasteiger partial charge in [0, 0.05) is 17.7 Å². The number of thiazole rings is 1. The van der Waals surface area contributed by atoms with Gasteiger partial charge in [-0.3, -0.25) is 4.79 Å². The Hall–Kier alpha value is -0.980. The third-order valence-electron chi connectivity index (χ3n) is 3.42. The predicted octanol–water partition coefficient (Wildman–Crippen LogP) is 0.907. The van der Waals surface area contributed by atoms with Crippen LogP contribution in [0, 0.1) is 0 Å². The van der Waals surface area contributed by atoms with Crippen LogP contribution in [0.1, 0.15) is 29.5 Å². The lowest BCUT2D eigenvalue weighted by molar-refractivity contribution is -0.138. The van der Waals surface area contributed by atoms with E-state index in [9.17, 15) is 4.79 Å². The summed E-state index contributed by atoms with van der Waals surface area (Å²) in [5, 5.41) is 11.7. The number of nitrogens with zero attached hydrogens (tertiary/aromatic N) is 2. The van der Waals surface area contributed by atoms with Crippen LogP contribution in [0.2, 0.25) is 0 Å². The summed E-state index contributed by atoms with van der Waals surface area (Å²) in [5.41, 5.74) is 6.63. The normalized spacial score (nSPS) is 19.9. The lowest BCUT2D eigenvalue weighted by Crippen LogP contribution is -2.32. The molecule has 0 radical (unpaired) electrons. The highest BCUT2D eigenvalue weighted by molar-refractivity contribution is 7.09. The standard InChI is InChI=1S/C12H19N3O2S/c1-15-4-2-8(3-5-15)10-7-18-11(14-10)6-9(13)12(16)17/h7-9H,2-6,13H2,1H3,(H,16,17). The van der Waals surface area contributed by atoms with Gasteiger partial charge in [0.1, 0.15) is 6.04 Å². The summed E-state index contributed by atoms with van der Waals surface area (Å²) in [6.07, 6.45) is 2.59. The molecule has 0 bridgehead atoms. The average Bonchev–Trinajstić information content (AvgIpc) is 2.78. The van der Waals surface area contributed by atoms with Gasteiger partial charge in [-0.25, -0.2) is 4.98 Å². The Labute approximate surface area is 111 Å². The van der Waals surface area contributed by atoms with Gasteiger partial charge in [-0.1, -0.05) is 0 Å². The number of nitrogens with two attached hydrogens (primary N) is 1. The zero-order valence-corrected chi connectivity index (χ0v) is 11.3. The van der Waals surface area contributed by atoms with Crippen LogP contribution in [0.5, 0.6) is 0 Å². The van der Waals surface area contributed by atoms with Crippen LogP contribution in [0.3, 0.4) is 0 Å². The number of hydrogen-bond donors (Lipinski definition) is 2. The fraction of sp³-hybridized carbons (Fsp3) is 0.667. The number of carboxylic acids is 1. The van der Waals surface area contributed by atoms with E-state index in [1.54, 1.807) is 0 Å². The second kappa shape index (κ2) is 5.77. The number of piperidine rings is 1.